The van der Waals surface area contributed by atoms with E-state index in [2.05, 4.69) is 21.8 Å². The summed E-state index contributed by atoms with van der Waals surface area (Å²) in [6.45, 7) is 6.83. The Morgan fingerprint density at radius 3 is 2.96 bits per heavy atom. The molecule has 1 aromatic heterocycles. The average Bonchev–Trinajstić information content (AvgIpc) is 2.60. The number of rotatable bonds is 3. The van der Waals surface area contributed by atoms with Crippen LogP contribution in [0.3, 0.4) is 0 Å². The molecule has 2 amide bonds. The van der Waals surface area contributed by atoms with Crippen molar-refractivity contribution < 1.29 is 14.1 Å². The second-order valence-electron chi connectivity index (χ2n) is 7.50. The highest BCUT2D eigenvalue weighted by atomic mass is 35.5. The zero-order chi connectivity index (χ0) is 19.0. The molecular weight excluding hydrogens is 364 g/mol. The zero-order valence-corrected chi connectivity index (χ0v) is 16.4. The average molecular weight is 388 g/mol. The lowest BCUT2D eigenvalue weighted by Gasteiger charge is -2.50. The van der Waals surface area contributed by atoms with Crippen molar-refractivity contribution in [2.45, 2.75) is 19.9 Å². The Morgan fingerprint density at radius 2 is 2.30 bits per heavy atom. The number of halogens is 1. The van der Waals surface area contributed by atoms with Crippen molar-refractivity contribution in [2.75, 3.05) is 32.1 Å². The van der Waals surface area contributed by atoms with Crippen molar-refractivity contribution in [2.24, 2.45) is 5.41 Å². The molecule has 0 bridgehead atoms. The van der Waals surface area contributed by atoms with Crippen molar-refractivity contribution in [3.05, 3.63) is 48.1 Å². The number of nitrogens with zero attached hydrogens (tertiary/aromatic N) is 4. The molecule has 0 N–H and O–H groups in total. The van der Waals surface area contributed by atoms with E-state index in [1.54, 1.807) is 6.20 Å². The number of aromatic nitrogens is 1. The van der Waals surface area contributed by atoms with Gasteiger partial charge in [-0.25, -0.2) is 4.79 Å². The number of urea groups is 1. The fraction of sp³-hybridized carbons (Fsp3) is 0.450. The first kappa shape index (κ1) is 18.0. The van der Waals surface area contributed by atoms with Gasteiger partial charge in [0.25, 0.3) is 0 Å². The number of hydrogen-bond acceptors (Lipinski definition) is 3. The van der Waals surface area contributed by atoms with Gasteiger partial charge in [-0.15, -0.1) is 11.6 Å². The number of pyridine rings is 1. The number of carbonyl (C=O) groups is 1. The molecule has 1 saturated heterocycles. The second-order valence-corrected chi connectivity index (χ2v) is 7.81. The van der Waals surface area contributed by atoms with Gasteiger partial charge in [0.1, 0.15) is 17.8 Å². The molecule has 1 spiro atoms. The third kappa shape index (κ3) is 3.23. The highest BCUT2D eigenvalue weighted by Crippen LogP contribution is 2.38. The maximum absolute atomic E-state index is 13.1. The van der Waals surface area contributed by atoms with Crippen molar-refractivity contribution in [1.29, 1.82) is 0 Å². The Hall–Kier alpha value is -2.34. The molecule has 0 aliphatic carbocycles. The molecule has 0 radical (unpaired) electrons. The first-order valence-electron chi connectivity index (χ1n) is 9.20. The topological polar surface area (TPSA) is 48.7 Å². The van der Waals surface area contributed by atoms with Crippen LogP contribution in [0.25, 0.3) is 0 Å². The van der Waals surface area contributed by atoms with Gasteiger partial charge in [-0.05, 0) is 26.0 Å². The summed E-state index contributed by atoms with van der Waals surface area (Å²) in [5.41, 5.74) is 2.00. The third-order valence-corrected chi connectivity index (χ3v) is 5.53. The van der Waals surface area contributed by atoms with Crippen LogP contribution in [0, 0.1) is 5.41 Å². The van der Waals surface area contributed by atoms with E-state index >= 15 is 0 Å². The summed E-state index contributed by atoms with van der Waals surface area (Å²) in [5.74, 6) is 1.16. The number of carbonyl (C=O) groups excluding carboxylic acids is 1. The summed E-state index contributed by atoms with van der Waals surface area (Å²) in [4.78, 5) is 21.1. The van der Waals surface area contributed by atoms with Crippen LogP contribution in [0.1, 0.15) is 13.8 Å². The number of allylic oxidation sites excluding steroid dienone is 3. The Morgan fingerprint density at radius 1 is 1.52 bits per heavy atom. The first-order valence-corrected chi connectivity index (χ1v) is 9.73. The lowest BCUT2D eigenvalue weighted by atomic mass is 9.76. The number of alkyl halides is 1. The first-order chi connectivity index (χ1) is 13.0. The number of likely N-dealkylation sites (tertiary alicyclic amines) is 1. The molecule has 1 unspecified atom stereocenters. The van der Waals surface area contributed by atoms with Crippen molar-refractivity contribution >= 4 is 29.5 Å². The highest BCUT2D eigenvalue weighted by molar-refractivity contribution is 6.18. The quantitative estimate of drug-likeness (QED) is 0.591. The van der Waals surface area contributed by atoms with Gasteiger partial charge in [0, 0.05) is 31.2 Å². The predicted molar refractivity (Wildman–Crippen MR) is 104 cm³/mol. The number of amides is 2. The molecule has 4 heterocycles. The van der Waals surface area contributed by atoms with E-state index in [4.69, 9.17) is 16.3 Å². The van der Waals surface area contributed by atoms with Crippen LogP contribution in [-0.2, 0) is 4.74 Å². The molecule has 3 aliphatic heterocycles. The molecule has 0 aromatic carbocycles. The fourth-order valence-electron chi connectivity index (χ4n) is 3.96. The van der Waals surface area contributed by atoms with Crippen molar-refractivity contribution in [3.63, 3.8) is 0 Å². The van der Waals surface area contributed by atoms with E-state index in [9.17, 15) is 4.79 Å². The largest absolute Gasteiger partial charge is 0.494 e. The lowest BCUT2D eigenvalue weighted by Crippen LogP contribution is -2.69. The van der Waals surface area contributed by atoms with Crippen LogP contribution >= 0.6 is 11.6 Å². The van der Waals surface area contributed by atoms with E-state index in [1.807, 2.05) is 48.1 Å². The van der Waals surface area contributed by atoms with Crippen LogP contribution in [-0.4, -0.2) is 69.8 Å². The van der Waals surface area contributed by atoms with E-state index in [-0.39, 0.29) is 17.5 Å². The standard InChI is InChI=1S/C20H24ClN4O2/c1-15-10-27-16(2)18(6-3-7-21)25(15)19(26)24-13-20(14-24)11-23(12-20)17-5-4-8-22-9-17/h3-6,8-9,11,15H,7,10,12-14H2,1-2H3/q+1/b6-3-. The van der Waals surface area contributed by atoms with Gasteiger partial charge in [0.05, 0.1) is 17.9 Å². The Bertz CT molecular complexity index is 828. The van der Waals surface area contributed by atoms with E-state index in [0.29, 0.717) is 12.5 Å². The summed E-state index contributed by atoms with van der Waals surface area (Å²) < 4.78 is 7.90. The summed E-state index contributed by atoms with van der Waals surface area (Å²) in [6, 6.07) is 4.02. The minimum Gasteiger partial charge on any atom is -0.494 e. The molecule has 27 heavy (non-hydrogen) atoms. The highest BCUT2D eigenvalue weighted by Gasteiger charge is 2.57. The van der Waals surface area contributed by atoms with E-state index in [0.717, 1.165) is 36.8 Å². The van der Waals surface area contributed by atoms with Gasteiger partial charge in [-0.3, -0.25) is 9.88 Å². The Kier molecular flexibility index (Phi) is 4.68. The molecule has 1 aromatic rings. The predicted octanol–water partition coefficient (Wildman–Crippen LogP) is 2.98. The molecule has 0 saturated carbocycles. The molecule has 142 valence electrons. The minimum atomic E-state index is -0.00927. The van der Waals surface area contributed by atoms with Crippen molar-refractivity contribution in [1.82, 2.24) is 14.8 Å². The summed E-state index contributed by atoms with van der Waals surface area (Å²) >= 11 is 5.78. The summed E-state index contributed by atoms with van der Waals surface area (Å²) in [5, 5.41) is 0. The summed E-state index contributed by atoms with van der Waals surface area (Å²) in [6.07, 6.45) is 9.59. The molecule has 3 aliphatic rings. The lowest BCUT2D eigenvalue weighted by molar-refractivity contribution is -0.497. The van der Waals surface area contributed by atoms with Crippen LogP contribution in [0.4, 0.5) is 10.5 Å². The maximum Gasteiger partial charge on any atom is 0.325 e. The van der Waals surface area contributed by atoms with Gasteiger partial charge < -0.3 is 9.64 Å². The Balaban J connectivity index is 1.45. The number of hydrogen-bond donors (Lipinski definition) is 0. The van der Waals surface area contributed by atoms with Crippen LogP contribution in [0.2, 0.25) is 0 Å². The summed E-state index contributed by atoms with van der Waals surface area (Å²) in [7, 11) is 0. The van der Waals surface area contributed by atoms with Gasteiger partial charge >= 0.3 is 6.03 Å². The van der Waals surface area contributed by atoms with E-state index < -0.39 is 0 Å². The molecule has 1 atom stereocenters. The minimum absolute atomic E-state index is 0.00927. The van der Waals surface area contributed by atoms with Crippen LogP contribution in [0.5, 0.6) is 0 Å². The SMILES string of the molecule is CC1=C(/C=C\CCl)N(C(=O)N2CC3(C=[N+](c4cccnc4)C3)C2)C(C)CO1. The van der Waals surface area contributed by atoms with Gasteiger partial charge in [-0.1, -0.05) is 6.08 Å². The third-order valence-electron chi connectivity index (χ3n) is 5.35. The van der Waals surface area contributed by atoms with Gasteiger partial charge in [0.15, 0.2) is 12.8 Å². The van der Waals surface area contributed by atoms with Gasteiger partial charge in [0.2, 0.25) is 5.69 Å². The molecular formula is C20H24ClN4O2+. The Labute approximate surface area is 164 Å². The molecule has 6 nitrogen and oxygen atoms in total. The van der Waals surface area contributed by atoms with Crippen LogP contribution < -0.4 is 0 Å². The smallest absolute Gasteiger partial charge is 0.325 e. The van der Waals surface area contributed by atoms with E-state index in [1.165, 1.54) is 0 Å². The molecule has 7 heteroatoms. The zero-order valence-electron chi connectivity index (χ0n) is 15.6. The molecule has 4 rings (SSSR count). The van der Waals surface area contributed by atoms with Crippen molar-refractivity contribution in [3.8, 4) is 0 Å². The maximum atomic E-state index is 13.1. The monoisotopic (exact) mass is 387 g/mol. The molecule has 1 fully saturated rings. The number of ether oxygens (including phenoxy) is 1. The van der Waals surface area contributed by atoms with Crippen LogP contribution in [0.15, 0.2) is 48.1 Å². The fourth-order valence-corrected chi connectivity index (χ4v) is 4.05. The second kappa shape index (κ2) is 7.00. The van der Waals surface area contributed by atoms with Gasteiger partial charge in [-0.2, -0.15) is 4.58 Å². The normalized spacial score (nSPS) is 23.8.